The minimum Gasteiger partial charge on any atom is -0.444 e. The topological polar surface area (TPSA) is 32.8 Å². The SMILES string of the molecule is CC(C)N(CCN1CCCc2cc(Br)ccc21)C(=O)OC(C)(C)C. The Morgan fingerprint density at radius 3 is 2.71 bits per heavy atom. The molecular formula is C19H29BrN2O2. The average molecular weight is 397 g/mol. The third-order valence-electron chi connectivity index (χ3n) is 4.12. The van der Waals surface area contributed by atoms with Gasteiger partial charge in [0.25, 0.3) is 0 Å². The average Bonchev–Trinajstić information content (AvgIpc) is 2.44. The van der Waals surface area contributed by atoms with E-state index in [0.29, 0.717) is 6.54 Å². The number of hydrogen-bond acceptors (Lipinski definition) is 3. The molecule has 1 aliphatic heterocycles. The molecule has 24 heavy (non-hydrogen) atoms. The molecule has 0 fully saturated rings. The van der Waals surface area contributed by atoms with Crippen molar-refractivity contribution in [2.75, 3.05) is 24.5 Å². The zero-order valence-corrected chi connectivity index (χ0v) is 17.0. The van der Waals surface area contributed by atoms with E-state index in [-0.39, 0.29) is 12.1 Å². The summed E-state index contributed by atoms with van der Waals surface area (Å²) in [5.74, 6) is 0. The van der Waals surface area contributed by atoms with E-state index in [1.54, 1.807) is 0 Å². The van der Waals surface area contributed by atoms with E-state index >= 15 is 0 Å². The van der Waals surface area contributed by atoms with Crippen molar-refractivity contribution in [2.24, 2.45) is 0 Å². The highest BCUT2D eigenvalue weighted by atomic mass is 79.9. The Labute approximate surface area is 154 Å². The lowest BCUT2D eigenvalue weighted by Crippen LogP contribution is -2.45. The predicted molar refractivity (Wildman–Crippen MR) is 103 cm³/mol. The fourth-order valence-electron chi connectivity index (χ4n) is 2.99. The fraction of sp³-hybridized carbons (Fsp3) is 0.632. The van der Waals surface area contributed by atoms with Gasteiger partial charge in [0.2, 0.25) is 0 Å². The summed E-state index contributed by atoms with van der Waals surface area (Å²) in [6.07, 6.45) is 2.04. The van der Waals surface area contributed by atoms with Crippen LogP contribution in [-0.4, -0.2) is 42.3 Å². The number of rotatable bonds is 4. The molecule has 0 radical (unpaired) electrons. The second-order valence-corrected chi connectivity index (χ2v) is 8.55. The molecule has 0 bridgehead atoms. The van der Waals surface area contributed by atoms with Crippen molar-refractivity contribution in [1.82, 2.24) is 4.90 Å². The number of fused-ring (bicyclic) bond motifs is 1. The first-order valence-corrected chi connectivity index (χ1v) is 9.49. The number of nitrogens with zero attached hydrogens (tertiary/aromatic N) is 2. The highest BCUT2D eigenvalue weighted by molar-refractivity contribution is 9.10. The number of ether oxygens (including phenoxy) is 1. The van der Waals surface area contributed by atoms with Crippen LogP contribution in [0.1, 0.15) is 46.6 Å². The first-order chi connectivity index (χ1) is 11.2. The Balaban J connectivity index is 2.04. The highest BCUT2D eigenvalue weighted by Crippen LogP contribution is 2.29. The summed E-state index contributed by atoms with van der Waals surface area (Å²) in [6.45, 7) is 12.3. The summed E-state index contributed by atoms with van der Waals surface area (Å²) in [5.41, 5.74) is 2.20. The van der Waals surface area contributed by atoms with Crippen LogP contribution in [0.15, 0.2) is 22.7 Å². The molecule has 0 aliphatic carbocycles. The second-order valence-electron chi connectivity index (χ2n) is 7.63. The van der Waals surface area contributed by atoms with Gasteiger partial charge in [-0.1, -0.05) is 15.9 Å². The Morgan fingerprint density at radius 1 is 1.38 bits per heavy atom. The van der Waals surface area contributed by atoms with Crippen LogP contribution >= 0.6 is 15.9 Å². The molecule has 1 aromatic carbocycles. The molecule has 0 saturated heterocycles. The number of carbonyl (C=O) groups excluding carboxylic acids is 1. The van der Waals surface area contributed by atoms with E-state index in [4.69, 9.17) is 4.74 Å². The number of aryl methyl sites for hydroxylation is 1. The largest absolute Gasteiger partial charge is 0.444 e. The summed E-state index contributed by atoms with van der Waals surface area (Å²) >= 11 is 3.55. The molecule has 2 rings (SSSR count). The quantitative estimate of drug-likeness (QED) is 0.728. The number of halogens is 1. The summed E-state index contributed by atoms with van der Waals surface area (Å²) in [5, 5.41) is 0. The summed E-state index contributed by atoms with van der Waals surface area (Å²) in [4.78, 5) is 16.6. The van der Waals surface area contributed by atoms with E-state index < -0.39 is 5.60 Å². The van der Waals surface area contributed by atoms with E-state index in [2.05, 4.69) is 39.0 Å². The van der Waals surface area contributed by atoms with Gasteiger partial charge in [0.1, 0.15) is 5.60 Å². The van der Waals surface area contributed by atoms with E-state index in [1.165, 1.54) is 11.3 Å². The zero-order chi connectivity index (χ0) is 17.9. The van der Waals surface area contributed by atoms with Crippen LogP contribution < -0.4 is 4.90 Å². The Morgan fingerprint density at radius 2 is 2.08 bits per heavy atom. The van der Waals surface area contributed by atoms with Gasteiger partial charge in [-0.15, -0.1) is 0 Å². The van der Waals surface area contributed by atoms with Crippen LogP contribution in [0.4, 0.5) is 10.5 Å². The summed E-state index contributed by atoms with van der Waals surface area (Å²) < 4.78 is 6.67. The first kappa shape index (κ1) is 19.1. The van der Waals surface area contributed by atoms with E-state index in [1.807, 2.05) is 39.5 Å². The molecule has 0 atom stereocenters. The Hall–Kier alpha value is -1.23. The van der Waals surface area contributed by atoms with Crippen LogP contribution in [0.3, 0.4) is 0 Å². The molecule has 1 heterocycles. The lowest BCUT2D eigenvalue weighted by atomic mass is 10.0. The minimum absolute atomic E-state index is 0.119. The number of benzene rings is 1. The fourth-order valence-corrected chi connectivity index (χ4v) is 3.39. The second kappa shape index (κ2) is 7.77. The minimum atomic E-state index is -0.464. The smallest absolute Gasteiger partial charge is 0.410 e. The van der Waals surface area contributed by atoms with Gasteiger partial charge >= 0.3 is 6.09 Å². The van der Waals surface area contributed by atoms with Gasteiger partial charge in [0.15, 0.2) is 0 Å². The van der Waals surface area contributed by atoms with Crippen LogP contribution in [0.2, 0.25) is 0 Å². The highest BCUT2D eigenvalue weighted by Gasteiger charge is 2.25. The molecule has 0 N–H and O–H groups in total. The maximum atomic E-state index is 12.4. The Kier molecular flexibility index (Phi) is 6.18. The molecule has 0 unspecified atom stereocenters. The maximum Gasteiger partial charge on any atom is 0.410 e. The van der Waals surface area contributed by atoms with Crippen molar-refractivity contribution >= 4 is 27.7 Å². The third kappa shape index (κ3) is 5.13. The maximum absolute atomic E-state index is 12.4. The van der Waals surface area contributed by atoms with Crippen molar-refractivity contribution in [3.05, 3.63) is 28.2 Å². The van der Waals surface area contributed by atoms with Crippen molar-refractivity contribution in [2.45, 2.75) is 59.1 Å². The molecule has 1 aliphatic rings. The van der Waals surface area contributed by atoms with Crippen molar-refractivity contribution in [3.8, 4) is 0 Å². The standard InChI is InChI=1S/C19H29BrN2O2/c1-14(2)22(18(23)24-19(3,4)5)12-11-21-10-6-7-15-13-16(20)8-9-17(15)21/h8-9,13-14H,6-7,10-12H2,1-5H3. The van der Waals surface area contributed by atoms with Gasteiger partial charge in [0.05, 0.1) is 0 Å². The van der Waals surface area contributed by atoms with Gasteiger partial charge in [0, 0.05) is 35.8 Å². The van der Waals surface area contributed by atoms with Crippen LogP contribution in [-0.2, 0) is 11.2 Å². The molecule has 1 aromatic rings. The van der Waals surface area contributed by atoms with Gasteiger partial charge < -0.3 is 14.5 Å². The molecule has 4 nitrogen and oxygen atoms in total. The molecule has 0 aromatic heterocycles. The van der Waals surface area contributed by atoms with Crippen LogP contribution in [0.25, 0.3) is 0 Å². The van der Waals surface area contributed by atoms with E-state index in [9.17, 15) is 4.79 Å². The Bertz CT molecular complexity index is 581. The molecular weight excluding hydrogens is 368 g/mol. The normalized spacial score (nSPS) is 14.5. The summed E-state index contributed by atoms with van der Waals surface area (Å²) in [7, 11) is 0. The number of carbonyl (C=O) groups is 1. The van der Waals surface area contributed by atoms with Gasteiger partial charge in [-0.3, -0.25) is 0 Å². The molecule has 0 spiro atoms. The molecule has 134 valence electrons. The number of anilines is 1. The predicted octanol–water partition coefficient (Wildman–Crippen LogP) is 4.85. The lowest BCUT2D eigenvalue weighted by molar-refractivity contribution is 0.0197. The van der Waals surface area contributed by atoms with Crippen LogP contribution in [0, 0.1) is 0 Å². The molecule has 1 amide bonds. The van der Waals surface area contributed by atoms with Crippen molar-refractivity contribution < 1.29 is 9.53 Å². The zero-order valence-electron chi connectivity index (χ0n) is 15.4. The number of hydrogen-bond donors (Lipinski definition) is 0. The number of amides is 1. The lowest BCUT2D eigenvalue weighted by Gasteiger charge is -2.35. The molecule has 5 heteroatoms. The van der Waals surface area contributed by atoms with Crippen molar-refractivity contribution in [1.29, 1.82) is 0 Å². The van der Waals surface area contributed by atoms with Crippen molar-refractivity contribution in [3.63, 3.8) is 0 Å². The molecule has 0 saturated carbocycles. The van der Waals surface area contributed by atoms with Gasteiger partial charge in [-0.25, -0.2) is 4.79 Å². The van der Waals surface area contributed by atoms with Gasteiger partial charge in [-0.05, 0) is 71.2 Å². The summed E-state index contributed by atoms with van der Waals surface area (Å²) in [6, 6.07) is 6.58. The monoisotopic (exact) mass is 396 g/mol. The third-order valence-corrected chi connectivity index (χ3v) is 4.61. The first-order valence-electron chi connectivity index (χ1n) is 8.70. The van der Waals surface area contributed by atoms with Crippen LogP contribution in [0.5, 0.6) is 0 Å². The van der Waals surface area contributed by atoms with E-state index in [0.717, 1.165) is 30.4 Å². The van der Waals surface area contributed by atoms with Gasteiger partial charge in [-0.2, -0.15) is 0 Å².